The summed E-state index contributed by atoms with van der Waals surface area (Å²) in [4.78, 5) is 16.8. The van der Waals surface area contributed by atoms with Crippen LogP contribution in [-0.2, 0) is 0 Å². The first-order chi connectivity index (χ1) is 5.11. The maximum absolute atomic E-state index is 11.0. The Morgan fingerprint density at radius 1 is 1.64 bits per heavy atom. The standard InChI is InChI=1S/C7H10N2O2/c1-4(2)5-3-8-7(11)9-6(5)10/h3-4H,1-2H3,(H2,8,9,10,11). The molecule has 0 amide bonds. The molecule has 0 radical (unpaired) electrons. The summed E-state index contributed by atoms with van der Waals surface area (Å²) >= 11 is 0. The van der Waals surface area contributed by atoms with Crippen molar-refractivity contribution < 1.29 is 5.11 Å². The van der Waals surface area contributed by atoms with Crippen molar-refractivity contribution in [3.8, 4) is 6.01 Å². The molecule has 0 saturated carbocycles. The van der Waals surface area contributed by atoms with Gasteiger partial charge in [0.1, 0.15) is 0 Å². The second-order valence-electron chi connectivity index (χ2n) is 2.65. The fourth-order valence-corrected chi connectivity index (χ4v) is 0.807. The molecule has 0 aliphatic carbocycles. The van der Waals surface area contributed by atoms with Crippen LogP contribution in [0.5, 0.6) is 6.01 Å². The molecule has 0 unspecified atom stereocenters. The van der Waals surface area contributed by atoms with Gasteiger partial charge in [-0.2, -0.15) is 0 Å². The summed E-state index contributed by atoms with van der Waals surface area (Å²) in [5.41, 5.74) is 0.315. The van der Waals surface area contributed by atoms with Gasteiger partial charge >= 0.3 is 0 Å². The van der Waals surface area contributed by atoms with Gasteiger partial charge in [-0.3, -0.25) is 9.78 Å². The molecule has 11 heavy (non-hydrogen) atoms. The molecular weight excluding hydrogens is 144 g/mol. The second-order valence-corrected chi connectivity index (χ2v) is 2.65. The Bertz CT molecular complexity index is 304. The van der Waals surface area contributed by atoms with Gasteiger partial charge in [0.05, 0.1) is 0 Å². The highest BCUT2D eigenvalue weighted by Crippen LogP contribution is 2.07. The topological polar surface area (TPSA) is 66.0 Å². The maximum atomic E-state index is 11.0. The van der Waals surface area contributed by atoms with Crippen LogP contribution in [0.1, 0.15) is 25.3 Å². The van der Waals surface area contributed by atoms with Crippen molar-refractivity contribution in [1.82, 2.24) is 9.97 Å². The van der Waals surface area contributed by atoms with E-state index in [0.29, 0.717) is 5.56 Å². The van der Waals surface area contributed by atoms with Crippen LogP contribution >= 0.6 is 0 Å². The summed E-state index contributed by atoms with van der Waals surface area (Å²) in [5.74, 6) is 0.131. The van der Waals surface area contributed by atoms with E-state index in [1.165, 1.54) is 6.20 Å². The summed E-state index contributed by atoms with van der Waals surface area (Å²) in [5, 5.41) is 8.75. The Hall–Kier alpha value is -1.32. The van der Waals surface area contributed by atoms with Crippen LogP contribution in [-0.4, -0.2) is 15.1 Å². The number of aromatic nitrogens is 2. The highest BCUT2D eigenvalue weighted by molar-refractivity contribution is 5.11. The molecule has 0 aromatic carbocycles. The smallest absolute Gasteiger partial charge is 0.293 e. The third-order valence-corrected chi connectivity index (χ3v) is 1.44. The summed E-state index contributed by atoms with van der Waals surface area (Å²) in [6, 6.07) is -0.334. The molecule has 60 valence electrons. The van der Waals surface area contributed by atoms with E-state index in [1.807, 2.05) is 13.8 Å². The van der Waals surface area contributed by atoms with E-state index >= 15 is 0 Å². The van der Waals surface area contributed by atoms with Crippen LogP contribution in [0.2, 0.25) is 0 Å². The van der Waals surface area contributed by atoms with Gasteiger partial charge in [0.25, 0.3) is 11.6 Å². The van der Waals surface area contributed by atoms with Crippen molar-refractivity contribution in [2.45, 2.75) is 19.8 Å². The first kappa shape index (κ1) is 7.78. The quantitative estimate of drug-likeness (QED) is 0.622. The molecule has 0 bridgehead atoms. The van der Waals surface area contributed by atoms with E-state index in [0.717, 1.165) is 0 Å². The molecule has 0 aliphatic heterocycles. The Balaban J connectivity index is 3.21. The average molecular weight is 154 g/mol. The van der Waals surface area contributed by atoms with Crippen LogP contribution in [0, 0.1) is 0 Å². The number of nitrogens with zero attached hydrogens (tertiary/aromatic N) is 1. The normalized spacial score (nSPS) is 10.5. The summed E-state index contributed by atoms with van der Waals surface area (Å²) in [6.45, 7) is 3.78. The molecule has 0 spiro atoms. The van der Waals surface area contributed by atoms with Crippen LogP contribution in [0.4, 0.5) is 0 Å². The Morgan fingerprint density at radius 3 is 2.73 bits per heavy atom. The molecule has 2 N–H and O–H groups in total. The second kappa shape index (κ2) is 2.74. The minimum absolute atomic E-state index is 0.131. The van der Waals surface area contributed by atoms with Gasteiger partial charge < -0.3 is 5.11 Å². The van der Waals surface area contributed by atoms with Gasteiger partial charge in [-0.1, -0.05) is 13.8 Å². The van der Waals surface area contributed by atoms with Crippen molar-refractivity contribution in [1.29, 1.82) is 0 Å². The minimum atomic E-state index is -0.334. The molecular formula is C7H10N2O2. The number of hydrogen-bond donors (Lipinski definition) is 2. The van der Waals surface area contributed by atoms with Crippen LogP contribution in [0.15, 0.2) is 11.0 Å². The van der Waals surface area contributed by atoms with E-state index in [-0.39, 0.29) is 17.5 Å². The fourth-order valence-electron chi connectivity index (χ4n) is 0.807. The number of rotatable bonds is 1. The zero-order chi connectivity index (χ0) is 8.43. The Morgan fingerprint density at radius 2 is 2.27 bits per heavy atom. The highest BCUT2D eigenvalue weighted by atomic mass is 16.3. The van der Waals surface area contributed by atoms with E-state index in [9.17, 15) is 4.79 Å². The van der Waals surface area contributed by atoms with E-state index in [4.69, 9.17) is 5.11 Å². The predicted molar refractivity (Wildman–Crippen MR) is 40.6 cm³/mol. The number of hydrogen-bond acceptors (Lipinski definition) is 3. The lowest BCUT2D eigenvalue weighted by atomic mass is 10.1. The molecule has 0 saturated heterocycles. The first-order valence-electron chi connectivity index (χ1n) is 3.39. The zero-order valence-electron chi connectivity index (χ0n) is 6.46. The summed E-state index contributed by atoms with van der Waals surface area (Å²) in [6.07, 6.45) is 1.39. The number of nitrogens with one attached hydrogen (secondary N) is 1. The molecule has 1 heterocycles. The molecule has 0 fully saturated rings. The zero-order valence-corrected chi connectivity index (χ0v) is 6.46. The number of aromatic amines is 1. The average Bonchev–Trinajstić information content (AvgIpc) is 1.85. The number of aromatic hydroxyl groups is 1. The van der Waals surface area contributed by atoms with Gasteiger partial charge in [0.15, 0.2) is 0 Å². The Kier molecular flexibility index (Phi) is 1.94. The fraction of sp³-hybridized carbons (Fsp3) is 0.429. The monoisotopic (exact) mass is 154 g/mol. The van der Waals surface area contributed by atoms with Gasteiger partial charge in [-0.25, -0.2) is 4.98 Å². The van der Waals surface area contributed by atoms with Crippen molar-refractivity contribution in [3.05, 3.63) is 22.1 Å². The molecule has 1 aromatic rings. The predicted octanol–water partition coefficient (Wildman–Crippen LogP) is 0.599. The van der Waals surface area contributed by atoms with Crippen molar-refractivity contribution in [2.24, 2.45) is 0 Å². The van der Waals surface area contributed by atoms with Crippen LogP contribution in [0.3, 0.4) is 0 Å². The maximum Gasteiger partial charge on any atom is 0.293 e. The van der Waals surface area contributed by atoms with E-state index in [1.54, 1.807) is 0 Å². The van der Waals surface area contributed by atoms with Crippen LogP contribution in [0.25, 0.3) is 0 Å². The van der Waals surface area contributed by atoms with Crippen molar-refractivity contribution in [3.63, 3.8) is 0 Å². The van der Waals surface area contributed by atoms with Gasteiger partial charge in [-0.15, -0.1) is 0 Å². The minimum Gasteiger partial charge on any atom is -0.480 e. The van der Waals surface area contributed by atoms with Crippen LogP contribution < -0.4 is 5.56 Å². The highest BCUT2D eigenvalue weighted by Gasteiger charge is 2.04. The summed E-state index contributed by atoms with van der Waals surface area (Å²) < 4.78 is 0. The lowest BCUT2D eigenvalue weighted by Crippen LogP contribution is -2.13. The Labute approximate surface area is 63.9 Å². The molecule has 4 nitrogen and oxygen atoms in total. The molecule has 0 aliphatic rings. The lowest BCUT2D eigenvalue weighted by Gasteiger charge is -2.01. The van der Waals surface area contributed by atoms with Crippen molar-refractivity contribution >= 4 is 0 Å². The molecule has 1 aromatic heterocycles. The third-order valence-electron chi connectivity index (χ3n) is 1.44. The summed E-state index contributed by atoms with van der Waals surface area (Å²) in [7, 11) is 0. The molecule has 1 rings (SSSR count). The molecule has 0 atom stereocenters. The van der Waals surface area contributed by atoms with E-state index < -0.39 is 0 Å². The van der Waals surface area contributed by atoms with Crippen molar-refractivity contribution in [2.75, 3.05) is 0 Å². The molecule has 4 heteroatoms. The third kappa shape index (κ3) is 1.58. The number of H-pyrrole nitrogens is 1. The van der Waals surface area contributed by atoms with Gasteiger partial charge in [-0.05, 0) is 5.92 Å². The SMILES string of the molecule is CC(C)c1cnc(O)[nH]c1=O. The lowest BCUT2D eigenvalue weighted by molar-refractivity contribution is 0.427. The first-order valence-corrected chi connectivity index (χ1v) is 3.39. The van der Waals surface area contributed by atoms with E-state index in [2.05, 4.69) is 9.97 Å². The largest absolute Gasteiger partial charge is 0.480 e. The van der Waals surface area contributed by atoms with Gasteiger partial charge in [0.2, 0.25) is 0 Å². The van der Waals surface area contributed by atoms with Gasteiger partial charge in [0, 0.05) is 11.8 Å².